The molecule has 0 aliphatic rings. The molecule has 1 aromatic heterocycles. The highest BCUT2D eigenvalue weighted by atomic mass is 16.5. The monoisotopic (exact) mass is 190 g/mol. The molecule has 0 radical (unpaired) electrons. The van der Waals surface area contributed by atoms with E-state index in [1.165, 1.54) is 5.39 Å². The SMILES string of the molecule is NCCCOc1cc2ccccc2[nH]1. The Kier molecular flexibility index (Phi) is 2.70. The maximum atomic E-state index is 5.50. The van der Waals surface area contributed by atoms with E-state index in [-0.39, 0.29) is 0 Å². The Morgan fingerprint density at radius 2 is 2.14 bits per heavy atom. The van der Waals surface area contributed by atoms with Crippen molar-refractivity contribution in [3.8, 4) is 5.88 Å². The van der Waals surface area contributed by atoms with Gasteiger partial charge in [-0.2, -0.15) is 0 Å². The molecule has 1 heterocycles. The summed E-state index contributed by atoms with van der Waals surface area (Å²) < 4.78 is 5.50. The third-order valence-electron chi connectivity index (χ3n) is 2.11. The summed E-state index contributed by atoms with van der Waals surface area (Å²) >= 11 is 0. The Morgan fingerprint density at radius 3 is 2.93 bits per heavy atom. The number of hydrogen-bond donors (Lipinski definition) is 2. The Balaban J connectivity index is 2.11. The number of aromatic amines is 1. The van der Waals surface area contributed by atoms with Crippen LogP contribution in [0.5, 0.6) is 5.88 Å². The maximum absolute atomic E-state index is 5.50. The molecule has 0 saturated heterocycles. The summed E-state index contributed by atoms with van der Waals surface area (Å²) in [6, 6.07) is 10.1. The standard InChI is InChI=1S/C11H14N2O/c12-6-3-7-14-11-8-9-4-1-2-5-10(9)13-11/h1-2,4-5,8,13H,3,6-7,12H2. The topological polar surface area (TPSA) is 51.0 Å². The zero-order chi connectivity index (χ0) is 9.80. The summed E-state index contributed by atoms with van der Waals surface area (Å²) in [7, 11) is 0. The first-order valence-electron chi connectivity index (χ1n) is 4.81. The van der Waals surface area contributed by atoms with Crippen molar-refractivity contribution >= 4 is 10.9 Å². The molecule has 0 fully saturated rings. The lowest BCUT2D eigenvalue weighted by atomic mass is 10.3. The lowest BCUT2D eigenvalue weighted by Gasteiger charge is -2.00. The largest absolute Gasteiger partial charge is 0.479 e. The highest BCUT2D eigenvalue weighted by Gasteiger charge is 1.99. The van der Waals surface area contributed by atoms with Crippen molar-refractivity contribution in [2.45, 2.75) is 6.42 Å². The summed E-state index contributed by atoms with van der Waals surface area (Å²) in [6.07, 6.45) is 0.884. The molecule has 0 unspecified atom stereocenters. The molecule has 2 rings (SSSR count). The molecular weight excluding hydrogens is 176 g/mol. The smallest absolute Gasteiger partial charge is 0.191 e. The van der Waals surface area contributed by atoms with Gasteiger partial charge in [-0.1, -0.05) is 18.2 Å². The van der Waals surface area contributed by atoms with Crippen molar-refractivity contribution in [2.24, 2.45) is 5.73 Å². The Hall–Kier alpha value is -1.48. The van der Waals surface area contributed by atoms with Gasteiger partial charge >= 0.3 is 0 Å². The van der Waals surface area contributed by atoms with E-state index in [0.29, 0.717) is 13.2 Å². The normalized spacial score (nSPS) is 10.6. The highest BCUT2D eigenvalue weighted by molar-refractivity contribution is 5.81. The molecule has 14 heavy (non-hydrogen) atoms. The summed E-state index contributed by atoms with van der Waals surface area (Å²) in [5.74, 6) is 0.819. The molecule has 0 bridgehead atoms. The van der Waals surface area contributed by atoms with Gasteiger partial charge in [-0.15, -0.1) is 0 Å². The van der Waals surface area contributed by atoms with Gasteiger partial charge in [0.1, 0.15) is 0 Å². The molecule has 0 aliphatic heterocycles. The van der Waals surface area contributed by atoms with Gasteiger partial charge in [-0.25, -0.2) is 0 Å². The number of nitrogens with two attached hydrogens (primary N) is 1. The summed E-state index contributed by atoms with van der Waals surface area (Å²) in [4.78, 5) is 3.19. The van der Waals surface area contributed by atoms with E-state index in [2.05, 4.69) is 11.1 Å². The first-order valence-corrected chi connectivity index (χ1v) is 4.81. The van der Waals surface area contributed by atoms with Crippen molar-refractivity contribution < 1.29 is 4.74 Å². The second-order valence-corrected chi connectivity index (χ2v) is 3.21. The minimum absolute atomic E-state index is 0.667. The number of fused-ring (bicyclic) bond motifs is 1. The molecule has 1 aromatic carbocycles. The number of hydrogen-bond acceptors (Lipinski definition) is 2. The first kappa shape index (κ1) is 9.09. The molecule has 2 aromatic rings. The summed E-state index contributed by atoms with van der Waals surface area (Å²) in [5.41, 5.74) is 6.48. The van der Waals surface area contributed by atoms with Crippen molar-refractivity contribution in [3.63, 3.8) is 0 Å². The molecule has 0 amide bonds. The van der Waals surface area contributed by atoms with Crippen molar-refractivity contribution in [3.05, 3.63) is 30.3 Å². The van der Waals surface area contributed by atoms with E-state index in [9.17, 15) is 0 Å². The molecular formula is C11H14N2O. The second kappa shape index (κ2) is 4.15. The molecule has 0 spiro atoms. The van der Waals surface area contributed by atoms with Crippen LogP contribution in [0.4, 0.5) is 0 Å². The van der Waals surface area contributed by atoms with Crippen LogP contribution in [-0.4, -0.2) is 18.1 Å². The molecule has 0 saturated carbocycles. The van der Waals surface area contributed by atoms with E-state index >= 15 is 0 Å². The number of benzene rings is 1. The molecule has 3 nitrogen and oxygen atoms in total. The van der Waals surface area contributed by atoms with Crippen molar-refractivity contribution in [2.75, 3.05) is 13.2 Å². The molecule has 3 heteroatoms. The van der Waals surface area contributed by atoms with Gasteiger partial charge in [0.05, 0.1) is 6.61 Å². The number of H-pyrrole nitrogens is 1. The number of aromatic nitrogens is 1. The Bertz CT molecular complexity index is 375. The average Bonchev–Trinajstić information content (AvgIpc) is 2.60. The predicted octanol–water partition coefficient (Wildman–Crippen LogP) is 1.90. The van der Waals surface area contributed by atoms with Crippen LogP contribution in [0.25, 0.3) is 10.9 Å². The number of para-hydroxylation sites is 1. The highest BCUT2D eigenvalue weighted by Crippen LogP contribution is 2.19. The van der Waals surface area contributed by atoms with Gasteiger partial charge in [0.2, 0.25) is 0 Å². The van der Waals surface area contributed by atoms with Gasteiger partial charge in [0, 0.05) is 17.0 Å². The van der Waals surface area contributed by atoms with E-state index in [1.54, 1.807) is 0 Å². The van der Waals surface area contributed by atoms with Crippen molar-refractivity contribution in [1.29, 1.82) is 0 Å². The maximum Gasteiger partial charge on any atom is 0.191 e. The van der Waals surface area contributed by atoms with E-state index in [0.717, 1.165) is 17.8 Å². The second-order valence-electron chi connectivity index (χ2n) is 3.21. The number of ether oxygens (including phenoxy) is 1. The van der Waals surface area contributed by atoms with Gasteiger partial charge in [-0.3, -0.25) is 0 Å². The van der Waals surface area contributed by atoms with Crippen LogP contribution in [0.15, 0.2) is 30.3 Å². The van der Waals surface area contributed by atoms with Crippen LogP contribution in [-0.2, 0) is 0 Å². The fourth-order valence-electron chi connectivity index (χ4n) is 1.39. The molecule has 74 valence electrons. The minimum atomic E-state index is 0.667. The van der Waals surface area contributed by atoms with Crippen LogP contribution < -0.4 is 10.5 Å². The Labute approximate surface area is 82.9 Å². The fourth-order valence-corrected chi connectivity index (χ4v) is 1.39. The zero-order valence-corrected chi connectivity index (χ0v) is 7.99. The third kappa shape index (κ3) is 1.88. The summed E-state index contributed by atoms with van der Waals surface area (Å²) in [6.45, 7) is 1.34. The molecule has 0 aliphatic carbocycles. The lowest BCUT2D eigenvalue weighted by molar-refractivity contribution is 0.304. The van der Waals surface area contributed by atoms with Gasteiger partial charge in [-0.05, 0) is 19.0 Å². The van der Waals surface area contributed by atoms with Gasteiger partial charge < -0.3 is 15.5 Å². The van der Waals surface area contributed by atoms with Crippen LogP contribution >= 0.6 is 0 Å². The molecule has 0 atom stereocenters. The number of rotatable bonds is 4. The third-order valence-corrected chi connectivity index (χ3v) is 2.11. The lowest BCUT2D eigenvalue weighted by Crippen LogP contribution is -2.06. The van der Waals surface area contributed by atoms with Gasteiger partial charge in [0.25, 0.3) is 0 Å². The van der Waals surface area contributed by atoms with Crippen LogP contribution in [0, 0.1) is 0 Å². The van der Waals surface area contributed by atoms with E-state index in [4.69, 9.17) is 10.5 Å². The molecule has 3 N–H and O–H groups in total. The van der Waals surface area contributed by atoms with Crippen molar-refractivity contribution in [1.82, 2.24) is 4.98 Å². The van der Waals surface area contributed by atoms with E-state index < -0.39 is 0 Å². The van der Waals surface area contributed by atoms with E-state index in [1.807, 2.05) is 24.3 Å². The summed E-state index contributed by atoms with van der Waals surface area (Å²) in [5, 5.41) is 1.18. The fraction of sp³-hybridized carbons (Fsp3) is 0.273. The van der Waals surface area contributed by atoms with Gasteiger partial charge in [0.15, 0.2) is 5.88 Å². The first-order chi connectivity index (χ1) is 6.90. The van der Waals surface area contributed by atoms with Crippen LogP contribution in [0.2, 0.25) is 0 Å². The average molecular weight is 190 g/mol. The number of nitrogens with one attached hydrogen (secondary N) is 1. The predicted molar refractivity (Wildman–Crippen MR) is 57.5 cm³/mol. The Morgan fingerprint density at radius 1 is 1.29 bits per heavy atom. The van der Waals surface area contributed by atoms with Crippen LogP contribution in [0.3, 0.4) is 0 Å². The minimum Gasteiger partial charge on any atom is -0.479 e. The quantitative estimate of drug-likeness (QED) is 0.723. The van der Waals surface area contributed by atoms with Crippen LogP contribution in [0.1, 0.15) is 6.42 Å². The zero-order valence-electron chi connectivity index (χ0n) is 7.99.